The maximum Gasteiger partial charge on any atom is 0.257 e. The molecule has 8 nitrogen and oxygen atoms in total. The third kappa shape index (κ3) is 3.16. The third-order valence-electron chi connectivity index (χ3n) is 2.25. The zero-order valence-corrected chi connectivity index (χ0v) is 10.2. The molecule has 2 aromatic heterocycles. The molecule has 6 N–H and O–H groups in total. The van der Waals surface area contributed by atoms with Gasteiger partial charge >= 0.3 is 0 Å². The number of aromatic amines is 1. The van der Waals surface area contributed by atoms with Crippen LogP contribution in [0.15, 0.2) is 23.1 Å². The Hall–Kier alpha value is -2.78. The van der Waals surface area contributed by atoms with Crippen molar-refractivity contribution in [3.05, 3.63) is 18.1 Å². The molecule has 0 aromatic carbocycles. The Kier molecular flexibility index (Phi) is 4.03. The minimum Gasteiger partial charge on any atom is -0.403 e. The van der Waals surface area contributed by atoms with Gasteiger partial charge in [0.2, 0.25) is 5.95 Å². The van der Waals surface area contributed by atoms with Crippen molar-refractivity contribution < 1.29 is 8.78 Å². The summed E-state index contributed by atoms with van der Waals surface area (Å²) >= 11 is 0. The number of nitrogen functional groups attached to an aromatic ring is 1. The van der Waals surface area contributed by atoms with E-state index in [4.69, 9.17) is 11.5 Å². The van der Waals surface area contributed by atoms with Crippen LogP contribution in [0.25, 0.3) is 11.0 Å². The van der Waals surface area contributed by atoms with E-state index >= 15 is 0 Å². The highest BCUT2D eigenvalue weighted by molar-refractivity contribution is 5.87. The van der Waals surface area contributed by atoms with E-state index in [2.05, 4.69) is 30.5 Å². The minimum absolute atomic E-state index is 0.152. The summed E-state index contributed by atoms with van der Waals surface area (Å²) in [5.74, 6) is 0.381. The van der Waals surface area contributed by atoms with Crippen LogP contribution < -0.4 is 16.8 Å². The number of rotatable bonds is 5. The van der Waals surface area contributed by atoms with Gasteiger partial charge in [-0.05, 0) is 0 Å². The van der Waals surface area contributed by atoms with Crippen LogP contribution in [0.4, 0.5) is 20.5 Å². The summed E-state index contributed by atoms with van der Waals surface area (Å²) < 4.78 is 23.9. The first-order chi connectivity index (χ1) is 9.60. The molecule has 0 spiro atoms. The monoisotopic (exact) mass is 282 g/mol. The van der Waals surface area contributed by atoms with Gasteiger partial charge in [0.15, 0.2) is 5.65 Å². The van der Waals surface area contributed by atoms with Gasteiger partial charge in [-0.2, -0.15) is 15.1 Å². The molecule has 0 saturated heterocycles. The van der Waals surface area contributed by atoms with Crippen molar-refractivity contribution in [3.63, 3.8) is 0 Å². The van der Waals surface area contributed by atoms with E-state index in [1.165, 1.54) is 12.4 Å². The van der Waals surface area contributed by atoms with Crippen molar-refractivity contribution in [3.8, 4) is 0 Å². The second-order valence-electron chi connectivity index (χ2n) is 3.70. The van der Waals surface area contributed by atoms with Gasteiger partial charge in [-0.15, -0.1) is 0 Å². The Morgan fingerprint density at radius 3 is 3.00 bits per heavy atom. The van der Waals surface area contributed by atoms with Crippen LogP contribution in [0.1, 0.15) is 0 Å². The van der Waals surface area contributed by atoms with Crippen LogP contribution in [-0.4, -0.2) is 39.4 Å². The topological polar surface area (TPSA) is 131 Å². The van der Waals surface area contributed by atoms with E-state index in [0.29, 0.717) is 11.0 Å². The summed E-state index contributed by atoms with van der Waals surface area (Å²) in [6, 6.07) is 0. The van der Waals surface area contributed by atoms with Crippen molar-refractivity contribution in [2.75, 3.05) is 17.6 Å². The van der Waals surface area contributed by atoms with Crippen molar-refractivity contribution in [1.29, 1.82) is 0 Å². The standard InChI is InChI=1S/C10H12F2N8/c11-7(12)4-15-2-5(1-13)17-10-18-8(14)6-3-16-20-9(6)19-10/h1-3,7H,4,13H2,(H4,14,16,17,18,19,20). The number of nitrogens with zero attached hydrogens (tertiary/aromatic N) is 4. The molecule has 0 bridgehead atoms. The first kappa shape index (κ1) is 13.6. The molecule has 10 heteroatoms. The second kappa shape index (κ2) is 5.91. The maximum absolute atomic E-state index is 12.0. The first-order valence-electron chi connectivity index (χ1n) is 5.53. The van der Waals surface area contributed by atoms with Crippen molar-refractivity contribution in [2.24, 2.45) is 10.7 Å². The fourth-order valence-corrected chi connectivity index (χ4v) is 1.39. The summed E-state index contributed by atoms with van der Waals surface area (Å²) in [5.41, 5.74) is 11.8. The number of halogens is 2. The smallest absolute Gasteiger partial charge is 0.257 e. The second-order valence-corrected chi connectivity index (χ2v) is 3.70. The summed E-state index contributed by atoms with van der Waals surface area (Å²) in [7, 11) is 0. The minimum atomic E-state index is -2.52. The molecule has 0 amide bonds. The quantitative estimate of drug-likeness (QED) is 0.590. The number of alkyl halides is 2. The molecule has 106 valence electrons. The van der Waals surface area contributed by atoms with E-state index < -0.39 is 13.0 Å². The number of hydrogen-bond acceptors (Lipinski definition) is 7. The lowest BCUT2D eigenvalue weighted by Gasteiger charge is -2.05. The summed E-state index contributed by atoms with van der Waals surface area (Å²) in [6.07, 6.45) is 1.31. The lowest BCUT2D eigenvalue weighted by atomic mass is 10.4. The van der Waals surface area contributed by atoms with Gasteiger partial charge in [0, 0.05) is 12.4 Å². The highest BCUT2D eigenvalue weighted by Gasteiger charge is 2.07. The first-order valence-corrected chi connectivity index (χ1v) is 5.53. The molecule has 0 aliphatic rings. The fourth-order valence-electron chi connectivity index (χ4n) is 1.39. The van der Waals surface area contributed by atoms with E-state index in [1.54, 1.807) is 0 Å². The highest BCUT2D eigenvalue weighted by atomic mass is 19.3. The number of nitrogens with one attached hydrogen (secondary N) is 2. The van der Waals surface area contributed by atoms with Gasteiger partial charge in [0.05, 0.1) is 23.8 Å². The molecule has 0 aliphatic carbocycles. The number of H-pyrrole nitrogens is 1. The lowest BCUT2D eigenvalue weighted by Crippen LogP contribution is -2.09. The normalized spacial score (nSPS) is 12.7. The molecule has 20 heavy (non-hydrogen) atoms. The Morgan fingerprint density at radius 2 is 2.30 bits per heavy atom. The molecule has 0 saturated carbocycles. The molecule has 2 aromatic rings. The van der Waals surface area contributed by atoms with Gasteiger partial charge in [-0.25, -0.2) is 8.78 Å². The molecular formula is C10H12F2N8. The Labute approximate surface area is 112 Å². The van der Waals surface area contributed by atoms with Gasteiger partial charge in [0.1, 0.15) is 5.82 Å². The Morgan fingerprint density at radius 1 is 1.50 bits per heavy atom. The van der Waals surface area contributed by atoms with E-state index in [9.17, 15) is 8.78 Å². The largest absolute Gasteiger partial charge is 0.403 e. The number of hydrogen-bond donors (Lipinski definition) is 4. The molecule has 0 unspecified atom stereocenters. The van der Waals surface area contributed by atoms with Gasteiger partial charge < -0.3 is 16.8 Å². The highest BCUT2D eigenvalue weighted by Crippen LogP contribution is 2.17. The van der Waals surface area contributed by atoms with Crippen LogP contribution in [0.2, 0.25) is 0 Å². The van der Waals surface area contributed by atoms with E-state index in [1.807, 2.05) is 0 Å². The summed E-state index contributed by atoms with van der Waals surface area (Å²) in [5, 5.41) is 9.73. The number of anilines is 2. The third-order valence-corrected chi connectivity index (χ3v) is 2.25. The van der Waals surface area contributed by atoms with Crippen LogP contribution >= 0.6 is 0 Å². The fraction of sp³-hybridized carbons (Fsp3) is 0.200. The van der Waals surface area contributed by atoms with E-state index in [0.717, 1.165) is 6.20 Å². The Bertz CT molecular complexity index is 648. The molecule has 0 atom stereocenters. The van der Waals surface area contributed by atoms with Crippen molar-refractivity contribution in [1.82, 2.24) is 20.2 Å². The SMILES string of the molecule is NC=C(C=NCC(F)F)Nc1nc(N)c2cn[nH]c2n1. The zero-order valence-electron chi connectivity index (χ0n) is 10.2. The number of fused-ring (bicyclic) bond motifs is 1. The number of aromatic nitrogens is 4. The molecule has 0 radical (unpaired) electrons. The molecule has 0 aliphatic heterocycles. The van der Waals surface area contributed by atoms with Gasteiger partial charge in [-0.3, -0.25) is 10.1 Å². The molecule has 0 fully saturated rings. The van der Waals surface area contributed by atoms with Crippen LogP contribution in [0, 0.1) is 0 Å². The van der Waals surface area contributed by atoms with E-state index in [-0.39, 0.29) is 17.5 Å². The molecule has 2 heterocycles. The van der Waals surface area contributed by atoms with Gasteiger partial charge in [-0.1, -0.05) is 0 Å². The predicted octanol–water partition coefficient (Wildman–Crippen LogP) is 0.483. The van der Waals surface area contributed by atoms with Crippen molar-refractivity contribution >= 4 is 29.0 Å². The lowest BCUT2D eigenvalue weighted by molar-refractivity contribution is 0.159. The number of aliphatic imine (C=N–C) groups is 1. The summed E-state index contributed by atoms with van der Waals surface area (Å²) in [4.78, 5) is 11.6. The average Bonchev–Trinajstić information content (AvgIpc) is 2.86. The summed E-state index contributed by atoms with van der Waals surface area (Å²) in [6.45, 7) is -0.610. The average molecular weight is 282 g/mol. The molecular weight excluding hydrogens is 270 g/mol. The van der Waals surface area contributed by atoms with Crippen LogP contribution in [-0.2, 0) is 0 Å². The molecule has 2 rings (SSSR count). The van der Waals surface area contributed by atoms with Crippen molar-refractivity contribution in [2.45, 2.75) is 6.43 Å². The number of allylic oxidation sites excluding steroid dienone is 1. The predicted molar refractivity (Wildman–Crippen MR) is 71.4 cm³/mol. The Balaban J connectivity index is 2.15. The van der Waals surface area contributed by atoms with Gasteiger partial charge in [0.25, 0.3) is 6.43 Å². The maximum atomic E-state index is 12.0. The van der Waals surface area contributed by atoms with Crippen LogP contribution in [0.3, 0.4) is 0 Å². The number of nitrogens with two attached hydrogens (primary N) is 2. The van der Waals surface area contributed by atoms with Crippen LogP contribution in [0.5, 0.6) is 0 Å². The zero-order chi connectivity index (χ0) is 14.5.